The van der Waals surface area contributed by atoms with Crippen LogP contribution in [0.2, 0.25) is 0 Å². The van der Waals surface area contributed by atoms with Crippen molar-refractivity contribution in [3.8, 4) is 0 Å². The lowest BCUT2D eigenvalue weighted by Gasteiger charge is -2.29. The molecule has 14 heavy (non-hydrogen) atoms. The third-order valence-electron chi connectivity index (χ3n) is 2.42. The molecule has 0 radical (unpaired) electrons. The Morgan fingerprint density at radius 2 is 2.36 bits per heavy atom. The normalized spacial score (nSPS) is 16.6. The highest BCUT2D eigenvalue weighted by molar-refractivity contribution is 5.04. The highest BCUT2D eigenvalue weighted by Gasteiger charge is 2.14. The second kappa shape index (κ2) is 3.89. The molecule has 1 fully saturated rings. The minimum Gasteiger partial charge on any atom is -0.391 e. The number of hydrogen-bond donors (Lipinski definition) is 2. The first kappa shape index (κ1) is 9.36. The molecule has 5 heteroatoms. The van der Waals surface area contributed by atoms with Crippen molar-refractivity contribution in [3.05, 3.63) is 27.9 Å². The Balaban J connectivity index is 2.11. The molecule has 2 N–H and O–H groups in total. The van der Waals surface area contributed by atoms with E-state index in [4.69, 9.17) is 5.11 Å². The molecule has 0 bridgehead atoms. The molecule has 0 spiro atoms. The maximum Gasteiger partial charge on any atom is 0.256 e. The summed E-state index contributed by atoms with van der Waals surface area (Å²) in [6, 6.07) is 0. The second-order valence-electron chi connectivity index (χ2n) is 3.47. The molecule has 2 rings (SSSR count). The number of aromatic nitrogens is 2. The molecule has 1 aliphatic heterocycles. The van der Waals surface area contributed by atoms with Crippen LogP contribution in [0.5, 0.6) is 0 Å². The number of nitrogens with zero attached hydrogens (tertiary/aromatic N) is 2. The van der Waals surface area contributed by atoms with Gasteiger partial charge in [0.2, 0.25) is 0 Å². The van der Waals surface area contributed by atoms with E-state index in [1.54, 1.807) is 0 Å². The summed E-state index contributed by atoms with van der Waals surface area (Å²) in [5.41, 5.74) is 0.0791. The van der Waals surface area contributed by atoms with E-state index in [-0.39, 0.29) is 12.2 Å². The van der Waals surface area contributed by atoms with Crippen molar-refractivity contribution < 1.29 is 5.11 Å². The number of nitrogens with one attached hydrogen (secondary N) is 1. The molecule has 0 unspecified atom stereocenters. The van der Waals surface area contributed by atoms with Crippen molar-refractivity contribution in [1.29, 1.82) is 0 Å². The SMILES string of the molecule is O=c1[nH]c(CN2CCC2)ncc1CO. The maximum atomic E-state index is 11.3. The number of rotatable bonds is 3. The first-order valence-electron chi connectivity index (χ1n) is 4.70. The van der Waals surface area contributed by atoms with Crippen LogP contribution in [-0.2, 0) is 13.2 Å². The predicted molar refractivity (Wildman–Crippen MR) is 50.7 cm³/mol. The fraction of sp³-hybridized carbons (Fsp3) is 0.556. The van der Waals surface area contributed by atoms with Crippen LogP contribution < -0.4 is 5.56 Å². The molecule has 1 aliphatic rings. The lowest BCUT2D eigenvalue weighted by Crippen LogP contribution is -2.37. The number of hydrogen-bond acceptors (Lipinski definition) is 4. The van der Waals surface area contributed by atoms with E-state index < -0.39 is 0 Å². The first-order chi connectivity index (χ1) is 6.79. The van der Waals surface area contributed by atoms with Crippen LogP contribution in [-0.4, -0.2) is 33.1 Å². The van der Waals surface area contributed by atoms with Gasteiger partial charge < -0.3 is 10.1 Å². The third-order valence-corrected chi connectivity index (χ3v) is 2.42. The smallest absolute Gasteiger partial charge is 0.256 e. The maximum absolute atomic E-state index is 11.3. The van der Waals surface area contributed by atoms with Gasteiger partial charge in [-0.1, -0.05) is 0 Å². The molecule has 0 amide bonds. The van der Waals surface area contributed by atoms with Gasteiger partial charge in [0.15, 0.2) is 0 Å². The van der Waals surface area contributed by atoms with Crippen LogP contribution in [0.3, 0.4) is 0 Å². The summed E-state index contributed by atoms with van der Waals surface area (Å²) in [5.74, 6) is 0.673. The molecule has 1 aromatic rings. The van der Waals surface area contributed by atoms with Crippen molar-refractivity contribution in [2.75, 3.05) is 13.1 Å². The summed E-state index contributed by atoms with van der Waals surface area (Å²) in [7, 11) is 0. The van der Waals surface area contributed by atoms with Crippen molar-refractivity contribution in [2.24, 2.45) is 0 Å². The van der Waals surface area contributed by atoms with Gasteiger partial charge in [-0.25, -0.2) is 4.98 Å². The van der Waals surface area contributed by atoms with E-state index in [2.05, 4.69) is 14.9 Å². The Morgan fingerprint density at radius 3 is 2.86 bits per heavy atom. The molecule has 0 aromatic carbocycles. The topological polar surface area (TPSA) is 69.2 Å². The molecule has 0 aliphatic carbocycles. The van der Waals surface area contributed by atoms with E-state index in [0.29, 0.717) is 17.9 Å². The summed E-state index contributed by atoms with van der Waals surface area (Å²) in [6.07, 6.45) is 2.66. The van der Waals surface area contributed by atoms with Crippen molar-refractivity contribution in [3.63, 3.8) is 0 Å². The number of aromatic amines is 1. The van der Waals surface area contributed by atoms with Gasteiger partial charge in [-0.05, 0) is 19.5 Å². The Morgan fingerprint density at radius 1 is 1.57 bits per heavy atom. The van der Waals surface area contributed by atoms with E-state index in [0.717, 1.165) is 13.1 Å². The minimum absolute atomic E-state index is 0.238. The average Bonchev–Trinajstić information content (AvgIpc) is 2.12. The van der Waals surface area contributed by atoms with Gasteiger partial charge in [-0.2, -0.15) is 0 Å². The molecular formula is C9H13N3O2. The largest absolute Gasteiger partial charge is 0.391 e. The third kappa shape index (κ3) is 1.83. The molecule has 0 saturated carbocycles. The van der Waals surface area contributed by atoms with Gasteiger partial charge in [-0.3, -0.25) is 9.69 Å². The zero-order chi connectivity index (χ0) is 9.97. The van der Waals surface area contributed by atoms with Crippen LogP contribution in [0, 0.1) is 0 Å². The monoisotopic (exact) mass is 195 g/mol. The van der Waals surface area contributed by atoms with Crippen LogP contribution >= 0.6 is 0 Å². The summed E-state index contributed by atoms with van der Waals surface area (Å²) < 4.78 is 0. The van der Waals surface area contributed by atoms with Crippen molar-refractivity contribution in [2.45, 2.75) is 19.6 Å². The number of likely N-dealkylation sites (tertiary alicyclic amines) is 1. The zero-order valence-electron chi connectivity index (χ0n) is 7.86. The second-order valence-corrected chi connectivity index (χ2v) is 3.47. The molecule has 5 nitrogen and oxygen atoms in total. The zero-order valence-corrected chi connectivity index (χ0v) is 7.86. The van der Waals surface area contributed by atoms with Crippen LogP contribution in [0.4, 0.5) is 0 Å². The minimum atomic E-state index is -0.258. The van der Waals surface area contributed by atoms with E-state index >= 15 is 0 Å². The highest BCUT2D eigenvalue weighted by Crippen LogP contribution is 2.08. The molecule has 1 saturated heterocycles. The van der Waals surface area contributed by atoms with Crippen molar-refractivity contribution >= 4 is 0 Å². The fourth-order valence-corrected chi connectivity index (χ4v) is 1.40. The molecule has 1 aromatic heterocycles. The van der Waals surface area contributed by atoms with Gasteiger partial charge in [-0.15, -0.1) is 0 Å². The number of H-pyrrole nitrogens is 1. The molecule has 76 valence electrons. The van der Waals surface area contributed by atoms with Gasteiger partial charge >= 0.3 is 0 Å². The lowest BCUT2D eigenvalue weighted by atomic mass is 10.2. The van der Waals surface area contributed by atoms with Crippen LogP contribution in [0.25, 0.3) is 0 Å². The summed E-state index contributed by atoms with van der Waals surface area (Å²) >= 11 is 0. The Bertz CT molecular complexity index is 371. The quantitative estimate of drug-likeness (QED) is 0.680. The predicted octanol–water partition coefficient (Wildman–Crippen LogP) is -0.532. The van der Waals surface area contributed by atoms with Crippen LogP contribution in [0.15, 0.2) is 11.0 Å². The lowest BCUT2D eigenvalue weighted by molar-refractivity contribution is 0.168. The average molecular weight is 195 g/mol. The summed E-state index contributed by atoms with van der Waals surface area (Å²) in [5, 5.41) is 8.78. The molecule has 0 atom stereocenters. The molecule has 2 heterocycles. The Labute approximate surface area is 81.4 Å². The molecular weight excluding hydrogens is 182 g/mol. The van der Waals surface area contributed by atoms with E-state index in [9.17, 15) is 4.79 Å². The standard InChI is InChI=1S/C9H13N3O2/c13-6-7-4-10-8(11-9(7)14)5-12-2-1-3-12/h4,13H,1-3,5-6H2,(H,10,11,14). The van der Waals surface area contributed by atoms with Crippen LogP contribution in [0.1, 0.15) is 17.8 Å². The number of aliphatic hydroxyl groups is 1. The van der Waals surface area contributed by atoms with E-state index in [1.165, 1.54) is 12.6 Å². The Kier molecular flexibility index (Phi) is 2.60. The van der Waals surface area contributed by atoms with Gasteiger partial charge in [0.05, 0.1) is 18.7 Å². The summed E-state index contributed by atoms with van der Waals surface area (Å²) in [4.78, 5) is 20.2. The van der Waals surface area contributed by atoms with Crippen molar-refractivity contribution in [1.82, 2.24) is 14.9 Å². The number of aliphatic hydroxyl groups excluding tert-OH is 1. The van der Waals surface area contributed by atoms with Gasteiger partial charge in [0.1, 0.15) is 5.82 Å². The summed E-state index contributed by atoms with van der Waals surface area (Å²) in [6.45, 7) is 2.59. The fourth-order valence-electron chi connectivity index (χ4n) is 1.40. The van der Waals surface area contributed by atoms with Gasteiger partial charge in [0.25, 0.3) is 5.56 Å². The first-order valence-corrected chi connectivity index (χ1v) is 4.70. The Hall–Kier alpha value is -1.20. The van der Waals surface area contributed by atoms with Gasteiger partial charge in [0, 0.05) is 6.20 Å². The highest BCUT2D eigenvalue weighted by atomic mass is 16.3. The van der Waals surface area contributed by atoms with E-state index in [1.807, 2.05) is 0 Å².